The van der Waals surface area contributed by atoms with Gasteiger partial charge in [0.2, 0.25) is 5.88 Å². The zero-order valence-electron chi connectivity index (χ0n) is 11.4. The Balaban J connectivity index is 2.25. The van der Waals surface area contributed by atoms with E-state index in [1.165, 1.54) is 0 Å². The third-order valence-electron chi connectivity index (χ3n) is 2.41. The number of hydrogen-bond donors (Lipinski definition) is 0. The van der Waals surface area contributed by atoms with Gasteiger partial charge in [-0.3, -0.25) is 0 Å². The summed E-state index contributed by atoms with van der Waals surface area (Å²) >= 11 is 13.4. The van der Waals surface area contributed by atoms with Crippen molar-refractivity contribution in [1.82, 2.24) is 4.98 Å². The molecule has 6 heteroatoms. The highest BCUT2D eigenvalue weighted by molar-refractivity contribution is 8.00. The molecule has 0 N–H and O–H groups in total. The van der Waals surface area contributed by atoms with Crippen LogP contribution in [0.15, 0.2) is 35.2 Å². The molecule has 0 spiro atoms. The van der Waals surface area contributed by atoms with Gasteiger partial charge in [0.1, 0.15) is 11.8 Å². The van der Waals surface area contributed by atoms with Gasteiger partial charge >= 0.3 is 0 Å². The topological polar surface area (TPSA) is 45.9 Å². The third kappa shape index (κ3) is 4.28. The van der Waals surface area contributed by atoms with Crippen LogP contribution in [0.25, 0.3) is 0 Å². The summed E-state index contributed by atoms with van der Waals surface area (Å²) in [7, 11) is 0. The van der Waals surface area contributed by atoms with Crippen molar-refractivity contribution in [1.29, 1.82) is 5.26 Å². The largest absolute Gasteiger partial charge is 0.439 e. The van der Waals surface area contributed by atoms with Crippen LogP contribution in [0.3, 0.4) is 0 Å². The smallest absolute Gasteiger partial charge is 0.220 e. The number of benzene rings is 1. The maximum absolute atomic E-state index is 9.18. The number of rotatable bonds is 4. The predicted molar refractivity (Wildman–Crippen MR) is 86.5 cm³/mol. The van der Waals surface area contributed by atoms with Crippen LogP contribution in [-0.2, 0) is 0 Å². The molecule has 108 valence electrons. The summed E-state index contributed by atoms with van der Waals surface area (Å²) in [6, 6.07) is 10.6. The Kier molecular flexibility index (Phi) is 5.35. The van der Waals surface area contributed by atoms with Crippen LogP contribution in [0.4, 0.5) is 0 Å². The molecule has 0 amide bonds. The first-order valence-corrected chi connectivity index (χ1v) is 7.84. The van der Waals surface area contributed by atoms with Crippen molar-refractivity contribution in [2.75, 3.05) is 0 Å². The van der Waals surface area contributed by atoms with E-state index in [4.69, 9.17) is 27.9 Å². The van der Waals surface area contributed by atoms with E-state index in [1.54, 1.807) is 36.0 Å². The van der Waals surface area contributed by atoms with Gasteiger partial charge in [0.25, 0.3) is 0 Å². The molecular formula is C15H12Cl2N2OS. The fourth-order valence-electron chi connectivity index (χ4n) is 1.58. The van der Waals surface area contributed by atoms with Gasteiger partial charge < -0.3 is 4.74 Å². The third-order valence-corrected chi connectivity index (χ3v) is 4.21. The molecular weight excluding hydrogens is 327 g/mol. The molecule has 0 unspecified atom stereocenters. The number of nitrogens with zero attached hydrogens (tertiary/aromatic N) is 2. The highest BCUT2D eigenvalue weighted by Gasteiger charge is 2.10. The molecule has 21 heavy (non-hydrogen) atoms. The lowest BCUT2D eigenvalue weighted by atomic mass is 10.3. The molecule has 1 aromatic heterocycles. The lowest BCUT2D eigenvalue weighted by Gasteiger charge is -2.09. The Morgan fingerprint density at radius 2 is 1.95 bits per heavy atom. The second-order valence-electron chi connectivity index (χ2n) is 4.45. The summed E-state index contributed by atoms with van der Waals surface area (Å²) in [6.07, 6.45) is 0. The van der Waals surface area contributed by atoms with Crippen LogP contribution in [-0.4, -0.2) is 10.2 Å². The Labute approximate surface area is 137 Å². The predicted octanol–water partition coefficient (Wildman–Crippen LogP) is 5.55. The van der Waals surface area contributed by atoms with Crippen LogP contribution >= 0.6 is 35.0 Å². The van der Waals surface area contributed by atoms with Gasteiger partial charge in [-0.25, -0.2) is 4.98 Å². The van der Waals surface area contributed by atoms with Crippen molar-refractivity contribution < 1.29 is 4.74 Å². The standard InChI is InChI=1S/C15H12Cl2N2OS/c1-9(2)21-14-5-6-15(19-13(14)8-18)20-10-3-4-11(16)12(17)7-10/h3-7,9H,1-2H3. The monoisotopic (exact) mass is 338 g/mol. The molecule has 3 nitrogen and oxygen atoms in total. The summed E-state index contributed by atoms with van der Waals surface area (Å²) in [5, 5.41) is 10.4. The molecule has 0 aliphatic rings. The van der Waals surface area contributed by atoms with E-state index in [0.29, 0.717) is 32.6 Å². The van der Waals surface area contributed by atoms with E-state index in [9.17, 15) is 5.26 Å². The molecule has 2 aromatic rings. The lowest BCUT2D eigenvalue weighted by molar-refractivity contribution is 0.461. The molecule has 0 aliphatic heterocycles. The Bertz CT molecular complexity index is 699. The molecule has 0 radical (unpaired) electrons. The number of ether oxygens (including phenoxy) is 1. The van der Waals surface area contributed by atoms with E-state index >= 15 is 0 Å². The number of aromatic nitrogens is 1. The highest BCUT2D eigenvalue weighted by Crippen LogP contribution is 2.31. The first-order chi connectivity index (χ1) is 9.99. The van der Waals surface area contributed by atoms with Gasteiger partial charge in [0.05, 0.1) is 10.0 Å². The quantitative estimate of drug-likeness (QED) is 0.685. The second kappa shape index (κ2) is 7.04. The minimum atomic E-state index is 0.345. The molecule has 1 aromatic carbocycles. The molecule has 0 fully saturated rings. The number of thioether (sulfide) groups is 1. The van der Waals surface area contributed by atoms with Gasteiger partial charge in [-0.2, -0.15) is 5.26 Å². The summed E-state index contributed by atoms with van der Waals surface area (Å²) < 4.78 is 5.60. The van der Waals surface area contributed by atoms with Crippen molar-refractivity contribution in [2.24, 2.45) is 0 Å². The summed E-state index contributed by atoms with van der Waals surface area (Å²) in [6.45, 7) is 4.12. The summed E-state index contributed by atoms with van der Waals surface area (Å²) in [5.74, 6) is 0.864. The summed E-state index contributed by atoms with van der Waals surface area (Å²) in [5.41, 5.74) is 0.353. The van der Waals surface area contributed by atoms with Crippen molar-refractivity contribution in [3.05, 3.63) is 46.1 Å². The average Bonchev–Trinajstić information content (AvgIpc) is 2.44. The zero-order chi connectivity index (χ0) is 15.4. The SMILES string of the molecule is CC(C)Sc1ccc(Oc2ccc(Cl)c(Cl)c2)nc1C#N. The van der Waals surface area contributed by atoms with Gasteiger partial charge in [-0.05, 0) is 18.2 Å². The second-order valence-corrected chi connectivity index (χ2v) is 6.89. The molecule has 0 atom stereocenters. The minimum Gasteiger partial charge on any atom is -0.439 e. The van der Waals surface area contributed by atoms with Crippen LogP contribution in [0.1, 0.15) is 19.5 Å². The van der Waals surface area contributed by atoms with Crippen molar-refractivity contribution in [3.63, 3.8) is 0 Å². The van der Waals surface area contributed by atoms with E-state index in [1.807, 2.05) is 6.07 Å². The van der Waals surface area contributed by atoms with Crippen LogP contribution in [0.2, 0.25) is 10.0 Å². The molecule has 0 saturated heterocycles. The van der Waals surface area contributed by atoms with Crippen molar-refractivity contribution in [2.45, 2.75) is 24.0 Å². The van der Waals surface area contributed by atoms with Crippen molar-refractivity contribution in [3.8, 4) is 17.7 Å². The highest BCUT2D eigenvalue weighted by atomic mass is 35.5. The normalized spacial score (nSPS) is 10.5. The van der Waals surface area contributed by atoms with Crippen LogP contribution in [0, 0.1) is 11.3 Å². The van der Waals surface area contributed by atoms with E-state index in [2.05, 4.69) is 24.9 Å². The zero-order valence-corrected chi connectivity index (χ0v) is 13.8. The van der Waals surface area contributed by atoms with Gasteiger partial charge in [-0.1, -0.05) is 37.0 Å². The van der Waals surface area contributed by atoms with Crippen molar-refractivity contribution >= 4 is 35.0 Å². The van der Waals surface area contributed by atoms with Gasteiger partial charge in [0, 0.05) is 22.3 Å². The fraction of sp³-hybridized carbons (Fsp3) is 0.200. The van der Waals surface area contributed by atoms with Crippen LogP contribution in [0.5, 0.6) is 11.6 Å². The van der Waals surface area contributed by atoms with Crippen LogP contribution < -0.4 is 4.74 Å². The number of pyridine rings is 1. The molecule has 0 bridgehead atoms. The Morgan fingerprint density at radius 1 is 1.19 bits per heavy atom. The Morgan fingerprint density at radius 3 is 2.57 bits per heavy atom. The number of hydrogen-bond acceptors (Lipinski definition) is 4. The maximum atomic E-state index is 9.18. The number of nitriles is 1. The molecule has 0 saturated carbocycles. The lowest BCUT2D eigenvalue weighted by Crippen LogP contribution is -1.95. The maximum Gasteiger partial charge on any atom is 0.220 e. The molecule has 0 aliphatic carbocycles. The van der Waals surface area contributed by atoms with Gasteiger partial charge in [0.15, 0.2) is 5.69 Å². The van der Waals surface area contributed by atoms with E-state index in [-0.39, 0.29) is 0 Å². The fourth-order valence-corrected chi connectivity index (χ4v) is 2.72. The minimum absolute atomic E-state index is 0.345. The molecule has 1 heterocycles. The Hall–Kier alpha value is -1.41. The number of halogens is 2. The van der Waals surface area contributed by atoms with Gasteiger partial charge in [-0.15, -0.1) is 11.8 Å². The molecule has 2 rings (SSSR count). The van der Waals surface area contributed by atoms with E-state index in [0.717, 1.165) is 4.90 Å². The first kappa shape index (κ1) is 16.0. The first-order valence-electron chi connectivity index (χ1n) is 6.20. The van der Waals surface area contributed by atoms with E-state index < -0.39 is 0 Å². The average molecular weight is 339 g/mol. The summed E-state index contributed by atoms with van der Waals surface area (Å²) in [4.78, 5) is 5.05.